The maximum absolute atomic E-state index is 9.97. The number of hydrogen-bond donors (Lipinski definition) is 2. The van der Waals surface area contributed by atoms with Gasteiger partial charge in [-0.25, -0.2) is 9.97 Å². The number of aromatic nitrogens is 3. The van der Waals surface area contributed by atoms with Gasteiger partial charge >= 0.3 is 0 Å². The molecule has 2 aromatic heterocycles. The minimum absolute atomic E-state index is 0.227. The summed E-state index contributed by atoms with van der Waals surface area (Å²) in [6.45, 7) is -0.227. The average molecular weight is 346 g/mol. The molecule has 0 aliphatic carbocycles. The first-order valence-corrected chi connectivity index (χ1v) is 8.07. The topological polar surface area (TPSA) is 80.4 Å². The standard InChI is InChI=1S/C17H16ClN3O3/c18-11-7-21(14-6-12(23)13(8-22)24-14)17-15(11)16(19-9-20-17)10-4-2-1-3-5-10/h1-5,7,9,12-14,22-23H,6,8H2/t12-,13+,14+/m0/s1. The number of hydrogen-bond acceptors (Lipinski definition) is 5. The summed E-state index contributed by atoms with van der Waals surface area (Å²) in [5.74, 6) is 0. The molecule has 1 aliphatic rings. The van der Waals surface area contributed by atoms with Gasteiger partial charge in [0.15, 0.2) is 0 Å². The summed E-state index contributed by atoms with van der Waals surface area (Å²) in [5.41, 5.74) is 2.34. The molecule has 124 valence electrons. The van der Waals surface area contributed by atoms with Crippen molar-refractivity contribution in [2.24, 2.45) is 0 Å². The van der Waals surface area contributed by atoms with Crippen molar-refractivity contribution in [2.45, 2.75) is 24.9 Å². The van der Waals surface area contributed by atoms with Crippen LogP contribution in [0.5, 0.6) is 0 Å². The lowest BCUT2D eigenvalue weighted by Gasteiger charge is -2.14. The van der Waals surface area contributed by atoms with Crippen molar-refractivity contribution in [2.75, 3.05) is 6.61 Å². The summed E-state index contributed by atoms with van der Waals surface area (Å²) < 4.78 is 7.52. The summed E-state index contributed by atoms with van der Waals surface area (Å²) in [6.07, 6.45) is 1.87. The number of ether oxygens (including phenoxy) is 1. The molecule has 7 heteroatoms. The molecule has 0 amide bonds. The molecule has 0 radical (unpaired) electrons. The van der Waals surface area contributed by atoms with Gasteiger partial charge in [0.05, 0.1) is 28.8 Å². The van der Waals surface area contributed by atoms with Crippen molar-refractivity contribution >= 4 is 22.6 Å². The van der Waals surface area contributed by atoms with E-state index in [0.29, 0.717) is 17.1 Å². The molecule has 3 aromatic rings. The second-order valence-electron chi connectivity index (χ2n) is 5.79. The molecule has 1 aliphatic heterocycles. The second-order valence-corrected chi connectivity index (χ2v) is 6.19. The van der Waals surface area contributed by atoms with Crippen molar-refractivity contribution < 1.29 is 14.9 Å². The van der Waals surface area contributed by atoms with Crippen LogP contribution in [0.4, 0.5) is 0 Å². The van der Waals surface area contributed by atoms with Crippen molar-refractivity contribution in [1.29, 1.82) is 0 Å². The molecule has 1 aromatic carbocycles. The number of aliphatic hydroxyl groups is 2. The van der Waals surface area contributed by atoms with Gasteiger partial charge in [-0.2, -0.15) is 0 Å². The van der Waals surface area contributed by atoms with Crippen LogP contribution in [-0.2, 0) is 4.74 Å². The largest absolute Gasteiger partial charge is 0.394 e. The molecule has 1 saturated heterocycles. The predicted molar refractivity (Wildman–Crippen MR) is 89.6 cm³/mol. The highest BCUT2D eigenvalue weighted by molar-refractivity contribution is 6.36. The zero-order valence-corrected chi connectivity index (χ0v) is 13.5. The fourth-order valence-electron chi connectivity index (χ4n) is 3.12. The lowest BCUT2D eigenvalue weighted by molar-refractivity contribution is -0.0430. The lowest BCUT2D eigenvalue weighted by Crippen LogP contribution is -2.24. The molecular formula is C17H16ClN3O3. The normalized spacial score (nSPS) is 23.9. The van der Waals surface area contributed by atoms with Gasteiger partial charge in [0, 0.05) is 18.2 Å². The summed E-state index contributed by atoms with van der Waals surface area (Å²) >= 11 is 6.45. The van der Waals surface area contributed by atoms with Gasteiger partial charge in [-0.15, -0.1) is 0 Å². The van der Waals surface area contributed by atoms with Gasteiger partial charge in [-0.1, -0.05) is 41.9 Å². The zero-order chi connectivity index (χ0) is 16.7. The van der Waals surface area contributed by atoms with Gasteiger partial charge in [0.1, 0.15) is 24.3 Å². The van der Waals surface area contributed by atoms with Crippen LogP contribution < -0.4 is 0 Å². The van der Waals surface area contributed by atoms with E-state index in [1.807, 2.05) is 30.3 Å². The first kappa shape index (κ1) is 15.5. The molecule has 0 bridgehead atoms. The number of halogens is 1. The predicted octanol–water partition coefficient (Wildman–Crippen LogP) is 2.39. The minimum Gasteiger partial charge on any atom is -0.394 e. The Balaban J connectivity index is 1.83. The number of nitrogens with zero attached hydrogens (tertiary/aromatic N) is 3. The summed E-state index contributed by atoms with van der Waals surface area (Å²) in [6, 6.07) is 9.75. The maximum Gasteiger partial charge on any atom is 0.147 e. The van der Waals surface area contributed by atoms with E-state index in [1.165, 1.54) is 6.33 Å². The molecule has 0 spiro atoms. The highest BCUT2D eigenvalue weighted by atomic mass is 35.5. The quantitative estimate of drug-likeness (QED) is 0.762. The van der Waals surface area contributed by atoms with Gasteiger partial charge < -0.3 is 19.5 Å². The molecule has 1 fully saturated rings. The number of rotatable bonds is 3. The third kappa shape index (κ3) is 2.48. The molecule has 0 saturated carbocycles. The first-order valence-electron chi connectivity index (χ1n) is 7.70. The summed E-state index contributed by atoms with van der Waals surface area (Å²) in [5, 5.41) is 20.5. The Morgan fingerprint density at radius 1 is 1.25 bits per heavy atom. The van der Waals surface area contributed by atoms with E-state index in [1.54, 1.807) is 10.8 Å². The molecule has 4 rings (SSSR count). The number of benzene rings is 1. The maximum atomic E-state index is 9.97. The highest BCUT2D eigenvalue weighted by Gasteiger charge is 2.35. The van der Waals surface area contributed by atoms with E-state index < -0.39 is 18.4 Å². The van der Waals surface area contributed by atoms with Crippen LogP contribution in [0.1, 0.15) is 12.6 Å². The Morgan fingerprint density at radius 2 is 2.04 bits per heavy atom. The second kappa shape index (κ2) is 6.14. The van der Waals surface area contributed by atoms with Gasteiger partial charge in [0.25, 0.3) is 0 Å². The Kier molecular flexibility index (Phi) is 3.97. The van der Waals surface area contributed by atoms with Crippen LogP contribution in [0, 0.1) is 0 Å². The Morgan fingerprint density at radius 3 is 2.75 bits per heavy atom. The molecule has 24 heavy (non-hydrogen) atoms. The Hall–Kier alpha value is -1.99. The van der Waals surface area contributed by atoms with E-state index in [-0.39, 0.29) is 6.61 Å². The number of aliphatic hydroxyl groups excluding tert-OH is 2. The van der Waals surface area contributed by atoms with Crippen molar-refractivity contribution in [3.05, 3.63) is 47.9 Å². The molecule has 6 nitrogen and oxygen atoms in total. The zero-order valence-electron chi connectivity index (χ0n) is 12.7. The van der Waals surface area contributed by atoms with E-state index in [0.717, 1.165) is 16.6 Å². The van der Waals surface area contributed by atoms with Crippen LogP contribution in [0.2, 0.25) is 5.02 Å². The average Bonchev–Trinajstić information content (AvgIpc) is 3.16. The fraction of sp³-hybridized carbons (Fsp3) is 0.294. The highest BCUT2D eigenvalue weighted by Crippen LogP contribution is 2.37. The van der Waals surface area contributed by atoms with E-state index >= 15 is 0 Å². The van der Waals surface area contributed by atoms with Crippen LogP contribution in [0.3, 0.4) is 0 Å². The molecule has 3 heterocycles. The SMILES string of the molecule is OC[C@H]1O[C@@H](n2cc(Cl)c3c(-c4ccccc4)ncnc32)C[C@@H]1O. The van der Waals surface area contributed by atoms with Crippen molar-refractivity contribution in [3.63, 3.8) is 0 Å². The van der Waals surface area contributed by atoms with Gasteiger partial charge in [-0.05, 0) is 0 Å². The Bertz CT molecular complexity index is 868. The smallest absolute Gasteiger partial charge is 0.147 e. The monoisotopic (exact) mass is 345 g/mol. The third-order valence-electron chi connectivity index (χ3n) is 4.30. The molecule has 2 N–H and O–H groups in total. The van der Waals surface area contributed by atoms with Crippen molar-refractivity contribution in [1.82, 2.24) is 14.5 Å². The summed E-state index contributed by atoms with van der Waals surface area (Å²) in [7, 11) is 0. The van der Waals surface area contributed by atoms with Crippen molar-refractivity contribution in [3.8, 4) is 11.3 Å². The lowest BCUT2D eigenvalue weighted by atomic mass is 10.1. The van der Waals surface area contributed by atoms with E-state index in [2.05, 4.69) is 9.97 Å². The van der Waals surface area contributed by atoms with Gasteiger partial charge in [-0.3, -0.25) is 0 Å². The molecular weight excluding hydrogens is 330 g/mol. The van der Waals surface area contributed by atoms with Crippen LogP contribution in [-0.4, -0.2) is 43.6 Å². The molecule has 3 atom stereocenters. The summed E-state index contributed by atoms with van der Waals surface area (Å²) in [4.78, 5) is 8.74. The van der Waals surface area contributed by atoms with Crippen LogP contribution >= 0.6 is 11.6 Å². The number of fused-ring (bicyclic) bond motifs is 1. The van der Waals surface area contributed by atoms with Crippen LogP contribution in [0.25, 0.3) is 22.3 Å². The Labute approximate surface area is 143 Å². The first-order chi connectivity index (χ1) is 11.7. The van der Waals surface area contributed by atoms with Crippen LogP contribution in [0.15, 0.2) is 42.9 Å². The fourth-order valence-corrected chi connectivity index (χ4v) is 3.40. The molecule has 0 unspecified atom stereocenters. The van der Waals surface area contributed by atoms with E-state index in [4.69, 9.17) is 16.3 Å². The van der Waals surface area contributed by atoms with Gasteiger partial charge in [0.2, 0.25) is 0 Å². The third-order valence-corrected chi connectivity index (χ3v) is 4.59. The minimum atomic E-state index is -0.716. The van der Waals surface area contributed by atoms with E-state index in [9.17, 15) is 10.2 Å².